The summed E-state index contributed by atoms with van der Waals surface area (Å²) in [6, 6.07) is 18.5. The molecule has 30 heavy (non-hydrogen) atoms. The number of carbonyl (C=O) groups is 1. The minimum absolute atomic E-state index is 0.121. The molecule has 6 nitrogen and oxygen atoms in total. The summed E-state index contributed by atoms with van der Waals surface area (Å²) in [7, 11) is 1.74. The predicted octanol–water partition coefficient (Wildman–Crippen LogP) is 4.72. The van der Waals surface area contributed by atoms with E-state index in [-0.39, 0.29) is 5.91 Å². The zero-order valence-electron chi connectivity index (χ0n) is 17.6. The van der Waals surface area contributed by atoms with Gasteiger partial charge in [-0.25, -0.2) is 0 Å². The summed E-state index contributed by atoms with van der Waals surface area (Å²) < 4.78 is 22.7. The maximum Gasteiger partial charge on any atom is 0.254 e. The molecule has 6 heteroatoms. The van der Waals surface area contributed by atoms with Gasteiger partial charge in [-0.3, -0.25) is 4.79 Å². The highest BCUT2D eigenvalue weighted by Gasteiger charge is 2.16. The molecule has 0 bridgehead atoms. The fourth-order valence-corrected chi connectivity index (χ4v) is 2.95. The van der Waals surface area contributed by atoms with Crippen molar-refractivity contribution in [2.24, 2.45) is 0 Å². The van der Waals surface area contributed by atoms with Crippen molar-refractivity contribution >= 4 is 5.91 Å². The van der Waals surface area contributed by atoms with E-state index in [0.29, 0.717) is 43.4 Å². The standard InChI is InChI=1S/C24H27NO5/c1-4-27-23-16-19(24(26)25(3)17-21-12-10-18(2)30-21)11-13-22(23)29-15-14-28-20-8-6-5-7-9-20/h5-13,16H,4,14-15,17H2,1-3H3. The predicted molar refractivity (Wildman–Crippen MR) is 114 cm³/mol. The second-order valence-electron chi connectivity index (χ2n) is 6.78. The topological polar surface area (TPSA) is 61.1 Å². The molecule has 1 aromatic heterocycles. The number of benzene rings is 2. The lowest BCUT2D eigenvalue weighted by molar-refractivity contribution is 0.0774. The van der Waals surface area contributed by atoms with Gasteiger partial charge in [0.25, 0.3) is 5.91 Å². The molecule has 3 aromatic rings. The third-order valence-electron chi connectivity index (χ3n) is 4.38. The number of rotatable bonds is 10. The summed E-state index contributed by atoms with van der Waals surface area (Å²) in [5, 5.41) is 0. The highest BCUT2D eigenvalue weighted by Crippen LogP contribution is 2.29. The van der Waals surface area contributed by atoms with E-state index in [0.717, 1.165) is 17.3 Å². The average Bonchev–Trinajstić information content (AvgIpc) is 3.17. The fourth-order valence-electron chi connectivity index (χ4n) is 2.95. The minimum Gasteiger partial charge on any atom is -0.490 e. The lowest BCUT2D eigenvalue weighted by Gasteiger charge is -2.18. The van der Waals surface area contributed by atoms with E-state index in [1.165, 1.54) is 0 Å². The van der Waals surface area contributed by atoms with E-state index in [9.17, 15) is 4.79 Å². The normalized spacial score (nSPS) is 10.5. The molecule has 2 aromatic carbocycles. The van der Waals surface area contributed by atoms with Crippen molar-refractivity contribution in [2.45, 2.75) is 20.4 Å². The molecule has 0 atom stereocenters. The van der Waals surface area contributed by atoms with Crippen molar-refractivity contribution < 1.29 is 23.4 Å². The molecular weight excluding hydrogens is 382 g/mol. The Bertz CT molecular complexity index is 951. The summed E-state index contributed by atoms with van der Waals surface area (Å²) in [6.45, 7) is 5.40. The number of para-hydroxylation sites is 1. The summed E-state index contributed by atoms with van der Waals surface area (Å²) in [5.41, 5.74) is 0.525. The molecule has 0 N–H and O–H groups in total. The smallest absolute Gasteiger partial charge is 0.254 e. The van der Waals surface area contributed by atoms with E-state index in [1.807, 2.05) is 56.3 Å². The van der Waals surface area contributed by atoms with Crippen LogP contribution < -0.4 is 14.2 Å². The van der Waals surface area contributed by atoms with Crippen LogP contribution in [0.1, 0.15) is 28.8 Å². The van der Waals surface area contributed by atoms with Crippen molar-refractivity contribution in [3.8, 4) is 17.2 Å². The number of amides is 1. The SMILES string of the molecule is CCOc1cc(C(=O)N(C)Cc2ccc(C)o2)ccc1OCCOc1ccccc1. The van der Waals surface area contributed by atoms with Crippen LogP contribution >= 0.6 is 0 Å². The van der Waals surface area contributed by atoms with Crippen LogP contribution in [-0.4, -0.2) is 37.7 Å². The Morgan fingerprint density at radius 1 is 0.933 bits per heavy atom. The van der Waals surface area contributed by atoms with Crippen molar-refractivity contribution in [1.29, 1.82) is 0 Å². The quantitative estimate of drug-likeness (QED) is 0.454. The summed E-state index contributed by atoms with van der Waals surface area (Å²) in [5.74, 6) is 3.35. The van der Waals surface area contributed by atoms with Crippen LogP contribution in [0, 0.1) is 6.92 Å². The van der Waals surface area contributed by atoms with Crippen molar-refractivity contribution in [1.82, 2.24) is 4.90 Å². The number of hydrogen-bond donors (Lipinski definition) is 0. The first-order valence-electron chi connectivity index (χ1n) is 9.95. The van der Waals surface area contributed by atoms with Crippen molar-refractivity contribution in [3.63, 3.8) is 0 Å². The molecular formula is C24H27NO5. The van der Waals surface area contributed by atoms with Gasteiger partial charge in [-0.05, 0) is 56.3 Å². The molecule has 0 unspecified atom stereocenters. The van der Waals surface area contributed by atoms with Crippen molar-refractivity contribution in [2.75, 3.05) is 26.9 Å². The van der Waals surface area contributed by atoms with Gasteiger partial charge in [-0.1, -0.05) is 18.2 Å². The monoisotopic (exact) mass is 409 g/mol. The van der Waals surface area contributed by atoms with Gasteiger partial charge < -0.3 is 23.5 Å². The van der Waals surface area contributed by atoms with Gasteiger partial charge in [-0.2, -0.15) is 0 Å². The molecule has 1 amide bonds. The van der Waals surface area contributed by atoms with E-state index in [1.54, 1.807) is 30.1 Å². The Labute approximate surface area is 177 Å². The zero-order valence-corrected chi connectivity index (χ0v) is 17.6. The molecule has 0 saturated carbocycles. The largest absolute Gasteiger partial charge is 0.490 e. The number of ether oxygens (including phenoxy) is 3. The third-order valence-corrected chi connectivity index (χ3v) is 4.38. The Kier molecular flexibility index (Phi) is 7.38. The van der Waals surface area contributed by atoms with Gasteiger partial charge in [0, 0.05) is 12.6 Å². The Hall–Kier alpha value is -3.41. The Morgan fingerprint density at radius 3 is 2.40 bits per heavy atom. The summed E-state index contributed by atoms with van der Waals surface area (Å²) >= 11 is 0. The molecule has 0 aliphatic carbocycles. The molecule has 0 radical (unpaired) electrons. The number of hydrogen-bond acceptors (Lipinski definition) is 5. The second-order valence-corrected chi connectivity index (χ2v) is 6.78. The fraction of sp³-hybridized carbons (Fsp3) is 0.292. The first-order valence-corrected chi connectivity index (χ1v) is 9.95. The second kappa shape index (κ2) is 10.4. The molecule has 0 fully saturated rings. The minimum atomic E-state index is -0.121. The van der Waals surface area contributed by atoms with Gasteiger partial charge in [0.2, 0.25) is 0 Å². The van der Waals surface area contributed by atoms with Gasteiger partial charge in [0.1, 0.15) is 30.5 Å². The van der Waals surface area contributed by atoms with Crippen LogP contribution in [-0.2, 0) is 6.54 Å². The molecule has 0 aliphatic rings. The van der Waals surface area contributed by atoms with Crippen LogP contribution in [0.25, 0.3) is 0 Å². The van der Waals surface area contributed by atoms with E-state index in [2.05, 4.69) is 0 Å². The average molecular weight is 409 g/mol. The third kappa shape index (κ3) is 5.80. The molecule has 0 aliphatic heterocycles. The van der Waals surface area contributed by atoms with Gasteiger partial charge in [0.05, 0.1) is 13.2 Å². The van der Waals surface area contributed by atoms with E-state index >= 15 is 0 Å². The Balaban J connectivity index is 1.61. The number of aryl methyl sites for hydroxylation is 1. The first kappa shape index (κ1) is 21.3. The van der Waals surface area contributed by atoms with Crippen molar-refractivity contribution in [3.05, 3.63) is 77.7 Å². The maximum absolute atomic E-state index is 12.8. The lowest BCUT2D eigenvalue weighted by Crippen LogP contribution is -2.26. The van der Waals surface area contributed by atoms with Gasteiger partial charge in [-0.15, -0.1) is 0 Å². The molecule has 0 spiro atoms. The van der Waals surface area contributed by atoms with E-state index in [4.69, 9.17) is 18.6 Å². The van der Waals surface area contributed by atoms with Crippen LogP contribution in [0.5, 0.6) is 17.2 Å². The Morgan fingerprint density at radius 2 is 1.70 bits per heavy atom. The van der Waals surface area contributed by atoms with Crippen LogP contribution in [0.2, 0.25) is 0 Å². The molecule has 0 saturated heterocycles. The van der Waals surface area contributed by atoms with E-state index < -0.39 is 0 Å². The molecule has 1 heterocycles. The van der Waals surface area contributed by atoms with Crippen LogP contribution in [0.15, 0.2) is 65.1 Å². The van der Waals surface area contributed by atoms with Gasteiger partial charge >= 0.3 is 0 Å². The zero-order chi connectivity index (χ0) is 21.3. The van der Waals surface area contributed by atoms with Crippen LogP contribution in [0.4, 0.5) is 0 Å². The summed E-state index contributed by atoms with van der Waals surface area (Å²) in [4.78, 5) is 14.4. The number of carbonyl (C=O) groups excluding carboxylic acids is 1. The van der Waals surface area contributed by atoms with Gasteiger partial charge in [0.15, 0.2) is 11.5 Å². The lowest BCUT2D eigenvalue weighted by atomic mass is 10.1. The first-order chi connectivity index (χ1) is 14.6. The maximum atomic E-state index is 12.8. The highest BCUT2D eigenvalue weighted by molar-refractivity contribution is 5.94. The number of furan rings is 1. The highest BCUT2D eigenvalue weighted by atomic mass is 16.5. The molecule has 158 valence electrons. The summed E-state index contributed by atoms with van der Waals surface area (Å²) in [6.07, 6.45) is 0. The molecule has 3 rings (SSSR count). The van der Waals surface area contributed by atoms with Crippen LogP contribution in [0.3, 0.4) is 0 Å². The number of nitrogens with zero attached hydrogens (tertiary/aromatic N) is 1.